The zero-order valence-electron chi connectivity index (χ0n) is 27.1. The van der Waals surface area contributed by atoms with Crippen LogP contribution in [0.1, 0.15) is 57.8 Å². The van der Waals surface area contributed by atoms with Crippen LogP contribution in [0.5, 0.6) is 5.75 Å². The van der Waals surface area contributed by atoms with Crippen LogP contribution in [0.25, 0.3) is 27.7 Å². The average molecular weight is 648 g/mol. The highest BCUT2D eigenvalue weighted by molar-refractivity contribution is 6.06. The number of amides is 1. The van der Waals surface area contributed by atoms with Crippen LogP contribution in [-0.4, -0.2) is 74.2 Å². The van der Waals surface area contributed by atoms with Crippen LogP contribution in [0, 0.1) is 17.5 Å². The van der Waals surface area contributed by atoms with Crippen molar-refractivity contribution in [1.82, 2.24) is 24.4 Å². The van der Waals surface area contributed by atoms with Gasteiger partial charge in [-0.05, 0) is 37.0 Å². The van der Waals surface area contributed by atoms with Gasteiger partial charge in [0.05, 0.1) is 45.3 Å². The number of anilines is 2. The number of phenols is 1. The van der Waals surface area contributed by atoms with Crippen molar-refractivity contribution in [3.8, 4) is 22.6 Å². The Balaban J connectivity index is 1.83. The molecule has 2 aromatic heterocycles. The molecule has 1 fully saturated rings. The van der Waals surface area contributed by atoms with Crippen LogP contribution in [0.2, 0.25) is 0 Å². The molecule has 10 nitrogen and oxygen atoms in total. The fraction of sp³-hybridized carbons (Fsp3) is 0.382. The Kier molecular flexibility index (Phi) is 7.97. The second-order valence-electron chi connectivity index (χ2n) is 12.8. The van der Waals surface area contributed by atoms with Crippen LogP contribution in [-0.2, 0) is 4.79 Å². The number of carbonyl (C=O) groups excluding carboxylic acids is 1. The van der Waals surface area contributed by atoms with E-state index < -0.39 is 52.1 Å². The number of phenolic OH excluding ortho intramolecular Hbond substituents is 1. The molecule has 246 valence electrons. The summed E-state index contributed by atoms with van der Waals surface area (Å²) in [6.45, 7) is 13.5. The van der Waals surface area contributed by atoms with E-state index in [1.165, 1.54) is 18.5 Å². The monoisotopic (exact) mass is 647 g/mol. The maximum Gasteiger partial charge on any atom is 0.354 e. The molecule has 2 aliphatic heterocycles. The molecule has 2 unspecified atom stereocenters. The molecule has 2 atom stereocenters. The third-order valence-electron chi connectivity index (χ3n) is 8.99. The Morgan fingerprint density at radius 2 is 1.66 bits per heavy atom. The molecule has 1 amide bonds. The van der Waals surface area contributed by atoms with E-state index >= 15 is 13.2 Å². The average Bonchev–Trinajstić information content (AvgIpc) is 3.13. The van der Waals surface area contributed by atoms with Crippen molar-refractivity contribution in [2.75, 3.05) is 36.5 Å². The normalized spacial score (nSPS) is 17.8. The van der Waals surface area contributed by atoms with Gasteiger partial charge in [0.25, 0.3) is 0 Å². The number of halogens is 3. The van der Waals surface area contributed by atoms with E-state index in [0.717, 1.165) is 16.7 Å². The molecule has 0 saturated carbocycles. The molecule has 1 N–H and O–H groups in total. The molecule has 13 heteroatoms. The SMILES string of the molecule is C=CC(=O)N1CC(C)N2c3nc(=O)n(-c4c(C(C)C)ncnc4C(C)C)c4c(F)c(-c5c(O)cccc5F)c(F)c(c34)N(C)CC2C1. The third kappa shape index (κ3) is 4.90. The lowest BCUT2D eigenvalue weighted by Gasteiger charge is -2.46. The minimum atomic E-state index is -1.25. The first-order chi connectivity index (χ1) is 22.3. The summed E-state index contributed by atoms with van der Waals surface area (Å²) in [4.78, 5) is 45.5. The standard InChI is InChI=1S/C34H36F3N7O3/c1-8-22(46)42-12-18(6)43-19(14-42)13-41(7)30-25-31(27(37)24(26(30)36)23-20(35)10-9-11-21(23)45)44(34(47)40-33(25)43)32-28(16(2)3)38-15-39-29(32)17(4)5/h8-11,15-19,45H,1,12-14H2,2-7H3. The maximum atomic E-state index is 17.4. The molecule has 2 aromatic carbocycles. The van der Waals surface area contributed by atoms with Crippen molar-refractivity contribution >= 4 is 28.3 Å². The second-order valence-corrected chi connectivity index (χ2v) is 12.8. The van der Waals surface area contributed by atoms with E-state index in [4.69, 9.17) is 0 Å². The molecule has 0 spiro atoms. The van der Waals surface area contributed by atoms with E-state index in [1.807, 2.05) is 39.5 Å². The molecular weight excluding hydrogens is 611 g/mol. The predicted molar refractivity (Wildman–Crippen MR) is 174 cm³/mol. The number of hydrogen-bond acceptors (Lipinski definition) is 8. The molecular formula is C34H36F3N7O3. The molecule has 6 rings (SSSR count). The largest absolute Gasteiger partial charge is 0.507 e. The van der Waals surface area contributed by atoms with Crippen molar-refractivity contribution < 1.29 is 23.1 Å². The topological polar surface area (TPSA) is 108 Å². The van der Waals surface area contributed by atoms with Crippen molar-refractivity contribution in [3.63, 3.8) is 0 Å². The lowest BCUT2D eigenvalue weighted by Crippen LogP contribution is -2.61. The Hall–Kier alpha value is -4.94. The van der Waals surface area contributed by atoms with Crippen molar-refractivity contribution in [1.29, 1.82) is 0 Å². The van der Waals surface area contributed by atoms with Crippen molar-refractivity contribution in [2.45, 2.75) is 58.5 Å². The number of likely N-dealkylation sites (N-methyl/N-ethyl adjacent to an activating group) is 1. The van der Waals surface area contributed by atoms with Gasteiger partial charge in [-0.25, -0.2) is 27.9 Å². The number of hydrogen-bond donors (Lipinski definition) is 1. The molecule has 47 heavy (non-hydrogen) atoms. The van der Waals surface area contributed by atoms with Crippen LogP contribution in [0.4, 0.5) is 24.7 Å². The summed E-state index contributed by atoms with van der Waals surface area (Å²) in [6.07, 6.45) is 2.60. The smallest absolute Gasteiger partial charge is 0.354 e. The van der Waals surface area contributed by atoms with E-state index in [0.29, 0.717) is 11.4 Å². The van der Waals surface area contributed by atoms with Gasteiger partial charge in [-0.2, -0.15) is 4.98 Å². The highest BCUT2D eigenvalue weighted by Crippen LogP contribution is 2.48. The summed E-state index contributed by atoms with van der Waals surface area (Å²) >= 11 is 0. The number of aromatic hydroxyl groups is 1. The van der Waals surface area contributed by atoms with E-state index in [-0.39, 0.29) is 65.5 Å². The zero-order chi connectivity index (χ0) is 34.1. The summed E-state index contributed by atoms with van der Waals surface area (Å²) < 4.78 is 51.0. The first-order valence-electron chi connectivity index (χ1n) is 15.5. The number of nitrogens with zero attached hydrogens (tertiary/aromatic N) is 7. The van der Waals surface area contributed by atoms with Gasteiger partial charge in [0.2, 0.25) is 5.91 Å². The number of fused-ring (bicyclic) bond motifs is 2. The lowest BCUT2D eigenvalue weighted by molar-refractivity contribution is -0.127. The van der Waals surface area contributed by atoms with E-state index in [9.17, 15) is 14.7 Å². The fourth-order valence-corrected chi connectivity index (χ4v) is 7.02. The fourth-order valence-electron chi connectivity index (χ4n) is 7.02. The molecule has 0 aliphatic carbocycles. The quantitative estimate of drug-likeness (QED) is 0.293. The minimum Gasteiger partial charge on any atom is -0.507 e. The summed E-state index contributed by atoms with van der Waals surface area (Å²) in [7, 11) is 1.60. The van der Waals surface area contributed by atoms with Gasteiger partial charge in [-0.3, -0.25) is 9.36 Å². The van der Waals surface area contributed by atoms with Crippen LogP contribution < -0.4 is 15.5 Å². The Morgan fingerprint density at radius 1 is 1.00 bits per heavy atom. The molecule has 2 aliphatic rings. The predicted octanol–water partition coefficient (Wildman–Crippen LogP) is 5.25. The number of carbonyl (C=O) groups is 1. The summed E-state index contributed by atoms with van der Waals surface area (Å²) in [6, 6.07) is 2.46. The van der Waals surface area contributed by atoms with Gasteiger partial charge in [-0.15, -0.1) is 0 Å². The Labute approximate surface area is 269 Å². The Morgan fingerprint density at radius 3 is 2.26 bits per heavy atom. The third-order valence-corrected chi connectivity index (χ3v) is 8.99. The van der Waals surface area contributed by atoms with Crippen LogP contribution >= 0.6 is 0 Å². The van der Waals surface area contributed by atoms with Gasteiger partial charge in [0.15, 0.2) is 11.6 Å². The van der Waals surface area contributed by atoms with Gasteiger partial charge in [0, 0.05) is 32.7 Å². The van der Waals surface area contributed by atoms with Crippen LogP contribution in [0.3, 0.4) is 0 Å². The Bertz CT molecular complexity index is 1970. The van der Waals surface area contributed by atoms with Gasteiger partial charge in [-0.1, -0.05) is 40.3 Å². The number of piperazine rings is 1. The first kappa shape index (κ1) is 32.0. The maximum absolute atomic E-state index is 17.4. The highest BCUT2D eigenvalue weighted by Gasteiger charge is 2.42. The molecule has 0 bridgehead atoms. The number of aromatic nitrogens is 4. The van der Waals surface area contributed by atoms with Crippen molar-refractivity contribution in [3.05, 3.63) is 76.5 Å². The van der Waals surface area contributed by atoms with E-state index in [2.05, 4.69) is 21.5 Å². The van der Waals surface area contributed by atoms with Gasteiger partial charge < -0.3 is 19.8 Å². The molecule has 4 aromatic rings. The molecule has 4 heterocycles. The number of benzene rings is 2. The van der Waals surface area contributed by atoms with Crippen molar-refractivity contribution in [2.24, 2.45) is 0 Å². The zero-order valence-corrected chi connectivity index (χ0v) is 27.1. The first-order valence-corrected chi connectivity index (χ1v) is 15.5. The van der Waals surface area contributed by atoms with E-state index in [1.54, 1.807) is 16.8 Å². The minimum absolute atomic E-state index is 0.00667. The second kappa shape index (κ2) is 11.7. The summed E-state index contributed by atoms with van der Waals surface area (Å²) in [5.74, 6) is -4.84. The van der Waals surface area contributed by atoms with Gasteiger partial charge in [0.1, 0.15) is 29.2 Å². The number of rotatable bonds is 5. The molecule has 1 saturated heterocycles. The lowest BCUT2D eigenvalue weighted by atomic mass is 9.97. The summed E-state index contributed by atoms with van der Waals surface area (Å²) in [5, 5.41) is 10.8. The summed E-state index contributed by atoms with van der Waals surface area (Å²) in [5.41, 5.74) is -1.77. The highest BCUT2D eigenvalue weighted by atomic mass is 19.1. The van der Waals surface area contributed by atoms with Crippen LogP contribution in [0.15, 0.2) is 42.0 Å². The van der Waals surface area contributed by atoms with Gasteiger partial charge >= 0.3 is 5.69 Å². The molecule has 0 radical (unpaired) electrons.